The lowest BCUT2D eigenvalue weighted by Crippen LogP contribution is -2.69. The van der Waals surface area contributed by atoms with E-state index in [1.165, 1.54) is 30.6 Å². The Morgan fingerprint density at radius 3 is 1.90 bits per heavy atom. The predicted octanol–water partition coefficient (Wildman–Crippen LogP) is -10.7. The summed E-state index contributed by atoms with van der Waals surface area (Å²) in [5, 5.41) is 178. The molecule has 1 radical (unpaired) electrons. The van der Waals surface area contributed by atoms with Crippen LogP contribution in [0.3, 0.4) is 0 Å². The highest BCUT2D eigenvalue weighted by molar-refractivity contribution is 5.97. The Bertz CT molecular complexity index is 3090. The van der Waals surface area contributed by atoms with Gasteiger partial charge in [0.25, 0.3) is 0 Å². The van der Waals surface area contributed by atoms with E-state index in [2.05, 4.69) is 42.5 Å². The molecule has 5 saturated heterocycles. The van der Waals surface area contributed by atoms with Gasteiger partial charge in [-0.1, -0.05) is 75.1 Å². The molecule has 6 aliphatic rings. The van der Waals surface area contributed by atoms with E-state index >= 15 is 9.59 Å². The number of aliphatic hydroxyl groups is 13. The van der Waals surface area contributed by atoms with Gasteiger partial charge < -0.3 is 148 Å². The Morgan fingerprint density at radius 1 is 0.680 bits per heavy atom. The molecule has 38 heteroatoms. The maximum atomic E-state index is 15.2. The van der Waals surface area contributed by atoms with E-state index in [0.717, 1.165) is 30.6 Å². The van der Waals surface area contributed by atoms with Gasteiger partial charge in [0.2, 0.25) is 42.1 Å². The topological polar surface area (TPSA) is 611 Å². The van der Waals surface area contributed by atoms with Gasteiger partial charge in [0.1, 0.15) is 128 Å². The minimum atomic E-state index is -2.34. The normalized spacial score (nSPS) is 31.6. The third kappa shape index (κ3) is 19.0. The van der Waals surface area contributed by atoms with E-state index in [0.29, 0.717) is 17.9 Å². The van der Waals surface area contributed by atoms with Gasteiger partial charge in [0, 0.05) is 31.8 Å². The van der Waals surface area contributed by atoms with E-state index in [9.17, 15) is 90.4 Å². The fraction of sp³-hybridized carbons (Fsp3) is 0.661. The largest absolute Gasteiger partial charge is 0.463 e. The number of nitrogens with two attached hydrogens (primary N) is 1. The Balaban J connectivity index is 1.09. The number of esters is 1. The zero-order chi connectivity index (χ0) is 72.8. The maximum Gasteiger partial charge on any atom is 0.305 e. The van der Waals surface area contributed by atoms with Crippen LogP contribution in [0.5, 0.6) is 5.75 Å². The maximum absolute atomic E-state index is 15.2. The number of nitrogens with zero attached hydrogens (tertiary/aromatic N) is 1. The number of carbonyl (C=O) groups is 6. The first-order chi connectivity index (χ1) is 47.7. The Labute approximate surface area is 572 Å². The second-order valence-electron chi connectivity index (χ2n) is 25.4. The van der Waals surface area contributed by atoms with Crippen LogP contribution in [0.2, 0.25) is 0 Å². The van der Waals surface area contributed by atoms with Crippen molar-refractivity contribution in [3.8, 4) is 5.75 Å². The molecule has 25 N–H and O–H groups in total. The van der Waals surface area contributed by atoms with Crippen LogP contribution < -0.4 is 53.0 Å². The van der Waals surface area contributed by atoms with Crippen molar-refractivity contribution < 1.29 is 128 Å². The summed E-state index contributed by atoms with van der Waals surface area (Å²) >= 11 is 0. The van der Waals surface area contributed by atoms with Gasteiger partial charge in [0.15, 0.2) is 24.4 Å². The van der Waals surface area contributed by atoms with Crippen LogP contribution in [0.4, 0.5) is 0 Å². The molecule has 555 valence electrons. The standard InChI is InChI=1S/C62H91N12O26/c1-26(29-9-3-2-4-10-29)40(71-38(79)18-63)55(92)69-32(17-28-11-14-31(15-12-28)96-59-52(90)49(87)53(100-60-51(89)48(86)46(84)36(24-78)98-60)37(99-59)25-95-39(80)16-13-27-7-5-6-8-27)54(91)72-41(43(81)33-19-66-61(64)70-33)57(94)73-42(56(93)68-30(21-75)22-76)44(82)34-20-67-62(65)74(34)58-50(88)47(85)45(83)35(23-77)97-58/h2-4,9-12,14-15,26-27,30,32-37,40-53,58-60,75,77-78,81-90H,5-8,13,16-21,23-25,63H2,1H3,(H2,65,67)(H,68,93)(H,69,92)(H,71,79)(H,72,91)(H,73,94)(H3,64,66,70)/t26?,30-,32-,33?,34?,35?,36?,37?,40-,41-,42-,43?,44?,45?,46?,47?,48?,49?,50?,51?,52?,53?,58?,59?,60?/m0/s1. The summed E-state index contributed by atoms with van der Waals surface area (Å²) < 4.78 is 34.7. The smallest absolute Gasteiger partial charge is 0.305 e. The first kappa shape index (κ1) is 78.3. The molecular formula is C62H91N12O26. The third-order valence-electron chi connectivity index (χ3n) is 18.6. The number of carbonyl (C=O) groups excluding carboxylic acids is 7. The third-order valence-corrected chi connectivity index (χ3v) is 18.6. The highest BCUT2D eigenvalue weighted by Gasteiger charge is 2.55. The van der Waals surface area contributed by atoms with Crippen LogP contribution in [-0.2, 0) is 63.7 Å². The molecule has 1 saturated carbocycles. The number of ether oxygens (including phenoxy) is 6. The van der Waals surface area contributed by atoms with Crippen LogP contribution in [0.1, 0.15) is 62.5 Å². The highest BCUT2D eigenvalue weighted by Crippen LogP contribution is 2.34. The fourth-order valence-electron chi connectivity index (χ4n) is 12.8. The van der Waals surface area contributed by atoms with E-state index < -0.39 is 240 Å². The zero-order valence-corrected chi connectivity index (χ0v) is 54.3. The van der Waals surface area contributed by atoms with Gasteiger partial charge in [-0.15, -0.1) is 0 Å². The molecule has 100 heavy (non-hydrogen) atoms. The number of nitrogens with one attached hydrogen (secondary N) is 10. The number of guanidine groups is 2. The molecule has 1 aliphatic carbocycles. The molecule has 0 spiro atoms. The lowest BCUT2D eigenvalue weighted by Gasteiger charge is -2.46. The first-order valence-corrected chi connectivity index (χ1v) is 32.7. The van der Waals surface area contributed by atoms with E-state index in [1.807, 2.05) is 0 Å². The molecule has 38 nitrogen and oxygen atoms in total. The molecule has 2 aromatic carbocycles. The van der Waals surface area contributed by atoms with Gasteiger partial charge in [-0.05, 0) is 35.6 Å². The quantitative estimate of drug-likeness (QED) is 0.0303. The van der Waals surface area contributed by atoms with Crippen molar-refractivity contribution in [2.75, 3.05) is 46.1 Å². The average molecular weight is 1420 g/mol. The molecule has 8 rings (SSSR count). The number of hydrogen-bond donors (Lipinski definition) is 24. The van der Waals surface area contributed by atoms with Crippen LogP contribution in [0.15, 0.2) is 54.6 Å². The fourth-order valence-corrected chi connectivity index (χ4v) is 12.8. The molecule has 20 unspecified atom stereocenters. The van der Waals surface area contributed by atoms with Gasteiger partial charge in [-0.2, -0.15) is 0 Å². The van der Waals surface area contributed by atoms with Crippen LogP contribution >= 0.6 is 0 Å². The van der Waals surface area contributed by atoms with E-state index in [1.54, 1.807) is 37.3 Å². The average Bonchev–Trinajstić information content (AvgIpc) is 1.34. The number of hydrogen-bond acceptors (Lipinski definition) is 29. The lowest BCUT2D eigenvalue weighted by molar-refractivity contribution is -0.352. The summed E-state index contributed by atoms with van der Waals surface area (Å²) in [5.74, 6) is -8.17. The van der Waals surface area contributed by atoms with Crippen molar-refractivity contribution in [1.29, 1.82) is 10.8 Å². The van der Waals surface area contributed by atoms with Crippen molar-refractivity contribution in [3.05, 3.63) is 65.7 Å². The van der Waals surface area contributed by atoms with Crippen LogP contribution in [0.25, 0.3) is 0 Å². The van der Waals surface area contributed by atoms with Crippen LogP contribution in [0, 0.1) is 16.7 Å². The number of rotatable bonds is 32. The van der Waals surface area contributed by atoms with Gasteiger partial charge >= 0.3 is 5.97 Å². The van der Waals surface area contributed by atoms with E-state index in [4.69, 9.17) is 45.0 Å². The Kier molecular flexibility index (Phi) is 28.1. The molecular weight excluding hydrogens is 1330 g/mol. The molecule has 5 amide bonds. The van der Waals surface area contributed by atoms with Crippen molar-refractivity contribution >= 4 is 53.7 Å². The molecule has 0 bridgehead atoms. The van der Waals surface area contributed by atoms with Crippen LogP contribution in [-0.4, -0.2) is 318 Å². The van der Waals surface area contributed by atoms with Gasteiger partial charge in [-0.25, -0.2) is 0 Å². The van der Waals surface area contributed by atoms with Crippen molar-refractivity contribution in [2.24, 2.45) is 11.7 Å². The van der Waals surface area contributed by atoms with E-state index in [-0.39, 0.29) is 30.2 Å². The SMILES string of the molecule is CC(c1ccccc1)[C@H](NC(=O)CN)C(=O)N[C@@H](Cc1ccc(OC2OC(COC(=O)CCC3CCCC3)C(OC3OC(CO)C(O)C(O)C3O)C(O)C2O)cc1)C(=O)N[C@H](C(=O)N[C@H](C(=O)N[C@H]([C]=O)CO)C(O)C1CNC(=N)N1C1OC(CO)C(O)C(O)C1O)C(O)C1CNC(=N)N1. The number of aliphatic hydroxyl groups excluding tert-OH is 13. The molecule has 5 heterocycles. The molecule has 0 aromatic heterocycles. The summed E-state index contributed by atoms with van der Waals surface area (Å²) in [5.41, 5.74) is 6.41. The predicted molar refractivity (Wildman–Crippen MR) is 338 cm³/mol. The number of amides is 5. The first-order valence-electron chi connectivity index (χ1n) is 32.7. The highest BCUT2D eigenvalue weighted by atomic mass is 16.7. The summed E-state index contributed by atoms with van der Waals surface area (Å²) in [7, 11) is 0. The summed E-state index contributed by atoms with van der Waals surface area (Å²) in [6.07, 6.45) is -26.3. The van der Waals surface area contributed by atoms with Crippen molar-refractivity contribution in [3.63, 3.8) is 0 Å². The summed E-state index contributed by atoms with van der Waals surface area (Å²) in [6, 6.07) is 1.04. The molecule has 2 aromatic rings. The summed E-state index contributed by atoms with van der Waals surface area (Å²) in [4.78, 5) is 98.1. The zero-order valence-electron chi connectivity index (χ0n) is 54.3. The lowest BCUT2D eigenvalue weighted by atomic mass is 9.92. The van der Waals surface area contributed by atoms with Crippen molar-refractivity contribution in [1.82, 2.24) is 47.4 Å². The Hall–Kier alpha value is -7.45. The Morgan fingerprint density at radius 2 is 1.28 bits per heavy atom. The summed E-state index contributed by atoms with van der Waals surface area (Å²) in [6.45, 7) is -3.19. The monoisotopic (exact) mass is 1420 g/mol. The van der Waals surface area contributed by atoms with Crippen molar-refractivity contribution in [2.45, 2.75) is 204 Å². The minimum absolute atomic E-state index is 0.0343. The van der Waals surface area contributed by atoms with Gasteiger partial charge in [-0.3, -0.25) is 44.4 Å². The molecule has 25 atom stereocenters. The second-order valence-corrected chi connectivity index (χ2v) is 25.4. The minimum Gasteiger partial charge on any atom is -0.463 e. The van der Waals surface area contributed by atoms with Gasteiger partial charge in [0.05, 0.1) is 38.4 Å². The molecule has 5 aliphatic heterocycles. The second kappa shape index (κ2) is 35.9. The number of benzene rings is 2. The molecule has 6 fully saturated rings.